The maximum atomic E-state index is 10.2. The number of unbranched alkanes of at least 4 members (excludes halogenated alkanes) is 1. The lowest BCUT2D eigenvalue weighted by Gasteiger charge is -2.09. The molecule has 0 bridgehead atoms. The van der Waals surface area contributed by atoms with E-state index in [2.05, 4.69) is 32.8 Å². The summed E-state index contributed by atoms with van der Waals surface area (Å²) < 4.78 is 3.80. The zero-order valence-electron chi connectivity index (χ0n) is 10.5. The summed E-state index contributed by atoms with van der Waals surface area (Å²) >= 11 is 4.31. The fourth-order valence-corrected chi connectivity index (χ4v) is 2.17. The molecular weight excluding hydrogens is 300 g/mol. The Morgan fingerprint density at radius 1 is 1.41 bits per heavy atom. The summed E-state index contributed by atoms with van der Waals surface area (Å²) in [6.45, 7) is 7.07. The normalized spacial score (nSPS) is 9.18. The maximum Gasteiger partial charge on any atom is 0.0592 e. The zero-order chi connectivity index (χ0) is 13.1. The molecule has 0 spiro atoms. The molecule has 0 amide bonds. The number of hydrogen-bond acceptors (Lipinski definition) is 4. The summed E-state index contributed by atoms with van der Waals surface area (Å²) in [6, 6.07) is 5.79. The number of benzene rings is 1. The van der Waals surface area contributed by atoms with Gasteiger partial charge in [0.05, 0.1) is 16.8 Å². The minimum atomic E-state index is 0.857. The Morgan fingerprint density at radius 3 is 2.71 bits per heavy atom. The van der Waals surface area contributed by atoms with Crippen molar-refractivity contribution in [2.75, 3.05) is 11.9 Å². The average Bonchev–Trinajstić information content (AvgIpc) is 2.35. The Labute approximate surface area is 116 Å². The van der Waals surface area contributed by atoms with E-state index in [-0.39, 0.29) is 0 Å². The highest BCUT2D eigenvalue weighted by Crippen LogP contribution is 2.30. The minimum absolute atomic E-state index is 0.857. The molecule has 1 aromatic carbocycles. The standard InChI is InChI=1S/C10H13BrN2OS.C2H6/c1-2-3-6-12-9-5-4-8(11)7-10(9)15-13-14;1-2/h4-5,7,12H,2-3,6H2,1H3;1-2H3. The van der Waals surface area contributed by atoms with Crippen LogP contribution in [0.15, 0.2) is 32.1 Å². The Bertz CT molecular complexity index is 334. The molecule has 96 valence electrons. The molecule has 0 fully saturated rings. The number of halogens is 1. The molecule has 17 heavy (non-hydrogen) atoms. The van der Waals surface area contributed by atoms with Gasteiger partial charge in [-0.15, -0.1) is 4.91 Å². The molecule has 0 saturated carbocycles. The molecule has 0 radical (unpaired) electrons. The summed E-state index contributed by atoms with van der Waals surface area (Å²) in [5.41, 5.74) is 0.969. The van der Waals surface area contributed by atoms with E-state index in [1.807, 2.05) is 32.0 Å². The summed E-state index contributed by atoms with van der Waals surface area (Å²) in [6.07, 6.45) is 2.27. The summed E-state index contributed by atoms with van der Waals surface area (Å²) in [7, 11) is 0. The Hall–Kier alpha value is -0.550. The monoisotopic (exact) mass is 318 g/mol. The maximum absolute atomic E-state index is 10.2. The van der Waals surface area contributed by atoms with Gasteiger partial charge in [-0.25, -0.2) is 0 Å². The lowest BCUT2D eigenvalue weighted by atomic mass is 10.3. The van der Waals surface area contributed by atoms with Crippen LogP contribution >= 0.6 is 27.9 Å². The van der Waals surface area contributed by atoms with Gasteiger partial charge in [-0.3, -0.25) is 0 Å². The van der Waals surface area contributed by atoms with Gasteiger partial charge in [0.25, 0.3) is 0 Å². The molecule has 0 atom stereocenters. The van der Waals surface area contributed by atoms with Crippen LogP contribution in [0.3, 0.4) is 0 Å². The largest absolute Gasteiger partial charge is 0.384 e. The highest BCUT2D eigenvalue weighted by Gasteiger charge is 2.03. The van der Waals surface area contributed by atoms with Crippen LogP contribution in [-0.2, 0) is 0 Å². The number of anilines is 1. The molecule has 0 heterocycles. The second-order valence-corrected chi connectivity index (χ2v) is 4.77. The SMILES string of the molecule is CC.CCCCNc1ccc(Br)cc1SN=O. The van der Waals surface area contributed by atoms with Gasteiger partial charge in [-0.2, -0.15) is 0 Å². The van der Waals surface area contributed by atoms with Gasteiger partial charge in [0, 0.05) is 21.3 Å². The molecular formula is C12H19BrN2OS. The quantitative estimate of drug-likeness (QED) is 0.430. The minimum Gasteiger partial charge on any atom is -0.384 e. The van der Waals surface area contributed by atoms with Crippen molar-refractivity contribution in [3.8, 4) is 0 Å². The number of nitrogens with zero attached hydrogens (tertiary/aromatic N) is 1. The molecule has 1 aromatic rings. The fourth-order valence-electron chi connectivity index (χ4n) is 1.16. The van der Waals surface area contributed by atoms with Gasteiger partial charge >= 0.3 is 0 Å². The van der Waals surface area contributed by atoms with Crippen molar-refractivity contribution in [3.63, 3.8) is 0 Å². The van der Waals surface area contributed by atoms with E-state index in [0.29, 0.717) is 0 Å². The van der Waals surface area contributed by atoms with Gasteiger partial charge in [-0.1, -0.05) is 43.1 Å². The summed E-state index contributed by atoms with van der Waals surface area (Å²) in [5.74, 6) is 0. The first-order valence-corrected chi connectivity index (χ1v) is 7.37. The van der Waals surface area contributed by atoms with Crippen LogP contribution in [0.2, 0.25) is 0 Å². The van der Waals surface area contributed by atoms with E-state index in [1.54, 1.807) is 0 Å². The average molecular weight is 319 g/mol. The van der Waals surface area contributed by atoms with E-state index in [1.165, 1.54) is 0 Å². The highest BCUT2D eigenvalue weighted by atomic mass is 79.9. The van der Waals surface area contributed by atoms with Gasteiger partial charge < -0.3 is 5.32 Å². The fraction of sp³-hybridized carbons (Fsp3) is 0.500. The molecule has 5 heteroatoms. The van der Waals surface area contributed by atoms with Crippen molar-refractivity contribution in [1.29, 1.82) is 0 Å². The van der Waals surface area contributed by atoms with Crippen LogP contribution in [0.4, 0.5) is 5.69 Å². The third kappa shape index (κ3) is 6.68. The number of rotatable bonds is 6. The van der Waals surface area contributed by atoms with E-state index in [9.17, 15) is 4.91 Å². The van der Waals surface area contributed by atoms with Crippen molar-refractivity contribution in [2.45, 2.75) is 38.5 Å². The Balaban J connectivity index is 0.00000121. The third-order valence-electron chi connectivity index (χ3n) is 1.93. The van der Waals surface area contributed by atoms with Crippen LogP contribution in [0.25, 0.3) is 0 Å². The lowest BCUT2D eigenvalue weighted by Crippen LogP contribution is -2.01. The molecule has 0 aliphatic rings. The molecule has 0 aliphatic heterocycles. The second-order valence-electron chi connectivity index (χ2n) is 3.09. The molecule has 1 rings (SSSR count). The van der Waals surface area contributed by atoms with Crippen LogP contribution < -0.4 is 5.32 Å². The van der Waals surface area contributed by atoms with Crippen LogP contribution in [-0.4, -0.2) is 6.54 Å². The van der Waals surface area contributed by atoms with Crippen molar-refractivity contribution < 1.29 is 0 Å². The number of nitroso groups, excluding NO2 is 1. The van der Waals surface area contributed by atoms with Gasteiger partial charge in [0.15, 0.2) is 0 Å². The molecule has 0 aliphatic carbocycles. The first kappa shape index (κ1) is 16.4. The number of nitrogens with one attached hydrogen (secondary N) is 1. The van der Waals surface area contributed by atoms with Crippen molar-refractivity contribution >= 4 is 33.6 Å². The highest BCUT2D eigenvalue weighted by molar-refractivity contribution is 9.10. The number of hydrogen-bond donors (Lipinski definition) is 1. The first-order valence-electron chi connectivity index (χ1n) is 5.81. The van der Waals surface area contributed by atoms with Crippen LogP contribution in [0.1, 0.15) is 33.6 Å². The first-order chi connectivity index (χ1) is 8.27. The molecule has 0 aromatic heterocycles. The van der Waals surface area contributed by atoms with Crippen LogP contribution in [0.5, 0.6) is 0 Å². The lowest BCUT2D eigenvalue weighted by molar-refractivity contribution is 0.832. The molecule has 3 nitrogen and oxygen atoms in total. The molecule has 1 N–H and O–H groups in total. The molecule has 0 saturated heterocycles. The smallest absolute Gasteiger partial charge is 0.0592 e. The zero-order valence-corrected chi connectivity index (χ0v) is 12.9. The van der Waals surface area contributed by atoms with Crippen molar-refractivity contribution in [2.24, 2.45) is 4.58 Å². The Kier molecular flexibility index (Phi) is 10.3. The summed E-state index contributed by atoms with van der Waals surface area (Å²) in [5, 5.41) is 3.29. The predicted molar refractivity (Wildman–Crippen MR) is 80.5 cm³/mol. The second kappa shape index (κ2) is 10.6. The predicted octanol–water partition coefficient (Wildman–Crippen LogP) is 5.46. The molecule has 0 unspecified atom stereocenters. The van der Waals surface area contributed by atoms with E-state index >= 15 is 0 Å². The third-order valence-corrected chi connectivity index (χ3v) is 3.03. The van der Waals surface area contributed by atoms with E-state index in [4.69, 9.17) is 0 Å². The van der Waals surface area contributed by atoms with E-state index in [0.717, 1.165) is 46.4 Å². The van der Waals surface area contributed by atoms with Gasteiger partial charge in [0.2, 0.25) is 0 Å². The topological polar surface area (TPSA) is 41.5 Å². The summed E-state index contributed by atoms with van der Waals surface area (Å²) in [4.78, 5) is 11.1. The van der Waals surface area contributed by atoms with Crippen molar-refractivity contribution in [3.05, 3.63) is 27.6 Å². The van der Waals surface area contributed by atoms with E-state index < -0.39 is 0 Å². The van der Waals surface area contributed by atoms with Gasteiger partial charge in [0.1, 0.15) is 0 Å². The van der Waals surface area contributed by atoms with Crippen LogP contribution in [0, 0.1) is 4.91 Å². The van der Waals surface area contributed by atoms with Gasteiger partial charge in [-0.05, 0) is 24.6 Å². The Morgan fingerprint density at radius 2 is 2.12 bits per heavy atom. The van der Waals surface area contributed by atoms with Crippen molar-refractivity contribution in [1.82, 2.24) is 0 Å².